The van der Waals surface area contributed by atoms with Gasteiger partial charge in [0.25, 0.3) is 0 Å². The number of allylic oxidation sites excluding steroid dienone is 1. The molecule has 3 heterocycles. The number of piperidine rings is 1. The molecule has 0 spiro atoms. The smallest absolute Gasteiger partial charge is 0.157 e. The van der Waals surface area contributed by atoms with Crippen LogP contribution in [0.1, 0.15) is 36.6 Å². The Morgan fingerprint density at radius 1 is 1.31 bits per heavy atom. The van der Waals surface area contributed by atoms with Crippen molar-refractivity contribution in [2.75, 3.05) is 20.8 Å². The Bertz CT molecular complexity index is 915. The van der Waals surface area contributed by atoms with Crippen LogP contribution in [0, 0.1) is 0 Å². The van der Waals surface area contributed by atoms with Crippen molar-refractivity contribution < 1.29 is 14.3 Å². The van der Waals surface area contributed by atoms with Gasteiger partial charge in [-0.05, 0) is 55.2 Å². The highest BCUT2D eigenvalue weighted by molar-refractivity contribution is 5.92. The third-order valence-electron chi connectivity index (χ3n) is 6.60. The van der Waals surface area contributed by atoms with Gasteiger partial charge in [-0.2, -0.15) is 0 Å². The van der Waals surface area contributed by atoms with E-state index in [2.05, 4.69) is 22.0 Å². The molecule has 1 aliphatic carbocycles. The highest BCUT2D eigenvalue weighted by atomic mass is 16.5. The average Bonchev–Trinajstić information content (AvgIpc) is 3.05. The topological polar surface area (TPSA) is 54.6 Å². The number of ketones is 1. The van der Waals surface area contributed by atoms with Crippen LogP contribution in [-0.2, 0) is 16.0 Å². The quantitative estimate of drug-likeness (QED) is 0.902. The molecule has 3 unspecified atom stereocenters. The summed E-state index contributed by atoms with van der Waals surface area (Å²) in [6.07, 6.45) is 7.21. The summed E-state index contributed by atoms with van der Waals surface area (Å²) in [5.41, 5.74) is 3.56. The monoisotopic (exact) mass is 352 g/mol. The van der Waals surface area contributed by atoms with E-state index in [1.165, 1.54) is 22.2 Å². The van der Waals surface area contributed by atoms with Gasteiger partial charge in [0.05, 0.1) is 19.2 Å². The summed E-state index contributed by atoms with van der Waals surface area (Å²) in [6, 6.07) is 6.69. The first-order chi connectivity index (χ1) is 12.6. The molecule has 26 heavy (non-hydrogen) atoms. The van der Waals surface area contributed by atoms with Crippen LogP contribution >= 0.6 is 0 Å². The van der Waals surface area contributed by atoms with Crippen molar-refractivity contribution in [3.63, 3.8) is 0 Å². The Labute approximate surface area is 153 Å². The Kier molecular flexibility index (Phi) is 3.52. The maximum atomic E-state index is 12.1. The molecule has 1 N–H and O–H groups in total. The lowest BCUT2D eigenvalue weighted by Crippen LogP contribution is -2.61. The van der Waals surface area contributed by atoms with Crippen molar-refractivity contribution in [2.45, 2.75) is 43.4 Å². The number of benzene rings is 1. The molecule has 2 aromatic rings. The predicted molar refractivity (Wildman–Crippen MR) is 99.5 cm³/mol. The number of rotatable bonds is 2. The van der Waals surface area contributed by atoms with Gasteiger partial charge in [-0.3, -0.25) is 9.69 Å². The number of carbonyl (C=O) groups excluding carboxylic acids is 1. The lowest BCUT2D eigenvalue weighted by Gasteiger charge is -2.54. The van der Waals surface area contributed by atoms with Crippen molar-refractivity contribution in [2.24, 2.45) is 0 Å². The minimum Gasteiger partial charge on any atom is -0.497 e. The van der Waals surface area contributed by atoms with Crippen molar-refractivity contribution >= 4 is 16.7 Å². The van der Waals surface area contributed by atoms with Crippen LogP contribution in [-0.4, -0.2) is 48.1 Å². The molecule has 3 aliphatic rings. The third-order valence-corrected chi connectivity index (χ3v) is 6.60. The van der Waals surface area contributed by atoms with Crippen molar-refractivity contribution in [3.8, 4) is 5.75 Å². The molecular weight excluding hydrogens is 328 g/mol. The normalized spacial score (nSPS) is 30.8. The van der Waals surface area contributed by atoms with Crippen LogP contribution in [0.25, 0.3) is 10.9 Å². The molecule has 5 nitrogen and oxygen atoms in total. The summed E-state index contributed by atoms with van der Waals surface area (Å²) in [5, 5.41) is 1.27. The average molecular weight is 352 g/mol. The molecule has 136 valence electrons. The highest BCUT2D eigenvalue weighted by Gasteiger charge is 2.51. The summed E-state index contributed by atoms with van der Waals surface area (Å²) in [4.78, 5) is 18.3. The standard InChI is InChI=1S/C21H24N2O3/c1-25-14-3-4-17-16(12-14)15-7-10-23-18(20(15)22-17)6-9-21(26-2)8-5-13(24)11-19(21)23/h3-5,8,12,18-19,22H,6-7,9-11H2,1-2H3. The number of ether oxygens (including phenoxy) is 2. The highest BCUT2D eigenvalue weighted by Crippen LogP contribution is 2.48. The number of aromatic amines is 1. The zero-order valence-corrected chi connectivity index (χ0v) is 15.2. The van der Waals surface area contributed by atoms with Crippen molar-refractivity contribution in [1.29, 1.82) is 0 Å². The number of fused-ring (bicyclic) bond motifs is 7. The van der Waals surface area contributed by atoms with E-state index in [1.54, 1.807) is 20.3 Å². The number of carbonyl (C=O) groups is 1. The molecule has 0 saturated carbocycles. The number of nitrogens with one attached hydrogen (secondary N) is 1. The molecule has 2 aliphatic heterocycles. The molecule has 1 fully saturated rings. The number of aromatic nitrogens is 1. The number of H-pyrrole nitrogens is 1. The summed E-state index contributed by atoms with van der Waals surface area (Å²) in [7, 11) is 3.49. The molecule has 1 aromatic carbocycles. The molecule has 5 heteroatoms. The number of hydrogen-bond donors (Lipinski definition) is 1. The van der Waals surface area contributed by atoms with Crippen molar-refractivity contribution in [1.82, 2.24) is 9.88 Å². The van der Waals surface area contributed by atoms with Gasteiger partial charge in [0.15, 0.2) is 5.78 Å². The van der Waals surface area contributed by atoms with Gasteiger partial charge >= 0.3 is 0 Å². The van der Waals surface area contributed by atoms with E-state index in [1.807, 2.05) is 12.1 Å². The van der Waals surface area contributed by atoms with E-state index < -0.39 is 0 Å². The lowest BCUT2D eigenvalue weighted by atomic mass is 9.73. The zero-order valence-electron chi connectivity index (χ0n) is 15.2. The maximum Gasteiger partial charge on any atom is 0.157 e. The minimum absolute atomic E-state index is 0.123. The number of nitrogens with zero attached hydrogens (tertiary/aromatic N) is 1. The van der Waals surface area contributed by atoms with Crippen LogP contribution < -0.4 is 4.74 Å². The van der Waals surface area contributed by atoms with Gasteiger partial charge in [0.2, 0.25) is 0 Å². The van der Waals surface area contributed by atoms with Gasteiger partial charge in [-0.1, -0.05) is 0 Å². The Hall–Kier alpha value is -2.11. The second-order valence-electron chi connectivity index (χ2n) is 7.65. The fourth-order valence-electron chi connectivity index (χ4n) is 5.27. The van der Waals surface area contributed by atoms with E-state index in [0.29, 0.717) is 12.5 Å². The molecular formula is C21H24N2O3. The minimum atomic E-state index is -0.322. The summed E-state index contributed by atoms with van der Waals surface area (Å²) < 4.78 is 11.4. The van der Waals surface area contributed by atoms with Crippen LogP contribution in [0.4, 0.5) is 0 Å². The largest absolute Gasteiger partial charge is 0.497 e. The van der Waals surface area contributed by atoms with Crippen LogP contribution in [0.5, 0.6) is 5.75 Å². The molecule has 0 radical (unpaired) electrons. The van der Waals surface area contributed by atoms with Gasteiger partial charge in [-0.15, -0.1) is 0 Å². The fourth-order valence-corrected chi connectivity index (χ4v) is 5.27. The third kappa shape index (κ3) is 2.14. The van der Waals surface area contributed by atoms with Gasteiger partial charge in [-0.25, -0.2) is 0 Å². The van der Waals surface area contributed by atoms with E-state index in [-0.39, 0.29) is 17.4 Å². The first kappa shape index (κ1) is 16.1. The zero-order chi connectivity index (χ0) is 17.9. The van der Waals surface area contributed by atoms with Gasteiger partial charge in [0.1, 0.15) is 11.4 Å². The Morgan fingerprint density at radius 3 is 3.00 bits per heavy atom. The SMILES string of the molecule is COc1ccc2[nH]c3c(c2c1)CCN1C3CCC2(OC)C=CC(=O)CC12. The Morgan fingerprint density at radius 2 is 2.19 bits per heavy atom. The van der Waals surface area contributed by atoms with Gasteiger partial charge in [0, 0.05) is 36.7 Å². The predicted octanol–water partition coefficient (Wildman–Crippen LogP) is 3.15. The second-order valence-corrected chi connectivity index (χ2v) is 7.65. The molecule has 3 atom stereocenters. The number of hydrogen-bond acceptors (Lipinski definition) is 4. The maximum absolute atomic E-state index is 12.1. The molecule has 1 saturated heterocycles. The summed E-state index contributed by atoms with van der Waals surface area (Å²) in [6.45, 7) is 0.957. The first-order valence-electron chi connectivity index (χ1n) is 9.36. The van der Waals surface area contributed by atoms with E-state index in [4.69, 9.17) is 9.47 Å². The first-order valence-corrected chi connectivity index (χ1v) is 9.36. The summed E-state index contributed by atoms with van der Waals surface area (Å²) in [5.74, 6) is 1.10. The second kappa shape index (κ2) is 5.69. The fraction of sp³-hybridized carbons (Fsp3) is 0.476. The summed E-state index contributed by atoms with van der Waals surface area (Å²) >= 11 is 0. The Balaban J connectivity index is 1.58. The van der Waals surface area contributed by atoms with E-state index in [0.717, 1.165) is 31.6 Å². The van der Waals surface area contributed by atoms with Crippen molar-refractivity contribution in [3.05, 3.63) is 41.6 Å². The van der Waals surface area contributed by atoms with Crippen LogP contribution in [0.2, 0.25) is 0 Å². The lowest BCUT2D eigenvalue weighted by molar-refractivity contribution is -0.131. The molecule has 1 aromatic heterocycles. The molecule has 0 bridgehead atoms. The van der Waals surface area contributed by atoms with Crippen LogP contribution in [0.15, 0.2) is 30.4 Å². The van der Waals surface area contributed by atoms with Gasteiger partial charge < -0.3 is 14.5 Å². The molecule has 0 amide bonds. The number of methoxy groups -OCH3 is 2. The molecule has 5 rings (SSSR count). The van der Waals surface area contributed by atoms with E-state index in [9.17, 15) is 4.79 Å². The van der Waals surface area contributed by atoms with Crippen LogP contribution in [0.3, 0.4) is 0 Å². The van der Waals surface area contributed by atoms with E-state index >= 15 is 0 Å².